The lowest BCUT2D eigenvalue weighted by molar-refractivity contribution is -0.114. The van der Waals surface area contributed by atoms with Gasteiger partial charge in [0.05, 0.1) is 24.8 Å². The molecule has 8 heteroatoms. The molecule has 3 rings (SSSR count). The average molecular weight is 483 g/mol. The molecule has 180 valence electrons. The molecule has 0 aliphatic heterocycles. The van der Waals surface area contributed by atoms with Crippen molar-refractivity contribution in [3.8, 4) is 11.5 Å². The second kappa shape index (κ2) is 10.6. The summed E-state index contributed by atoms with van der Waals surface area (Å²) in [4.78, 5) is 13.3. The third-order valence-electron chi connectivity index (χ3n) is 5.56. The minimum Gasteiger partial charge on any atom is -0.497 e. The van der Waals surface area contributed by atoms with Crippen molar-refractivity contribution in [3.05, 3.63) is 77.4 Å². The average Bonchev–Trinajstić information content (AvgIpc) is 2.83. The molecule has 34 heavy (non-hydrogen) atoms. The fourth-order valence-corrected chi connectivity index (χ4v) is 5.06. The lowest BCUT2D eigenvalue weighted by atomic mass is 10.1. The maximum Gasteiger partial charge on any atom is 0.264 e. The van der Waals surface area contributed by atoms with Gasteiger partial charge in [0.25, 0.3) is 10.0 Å². The van der Waals surface area contributed by atoms with Crippen LogP contribution in [0.15, 0.2) is 65.6 Å². The van der Waals surface area contributed by atoms with Crippen LogP contribution < -0.4 is 19.1 Å². The lowest BCUT2D eigenvalue weighted by Gasteiger charge is -2.26. The number of nitrogens with zero attached hydrogens (tertiary/aromatic N) is 1. The number of aryl methyl sites for hydroxylation is 3. The molecule has 1 amide bonds. The van der Waals surface area contributed by atoms with Crippen molar-refractivity contribution in [2.75, 3.05) is 30.4 Å². The molecule has 0 aromatic heterocycles. The molecule has 0 saturated heterocycles. The first-order valence-corrected chi connectivity index (χ1v) is 12.3. The van der Waals surface area contributed by atoms with E-state index in [1.807, 2.05) is 39.0 Å². The largest absolute Gasteiger partial charge is 0.497 e. The first kappa shape index (κ1) is 25.1. The molecule has 3 aromatic rings. The quantitative estimate of drug-likeness (QED) is 0.477. The second-order valence-corrected chi connectivity index (χ2v) is 9.74. The van der Waals surface area contributed by atoms with Gasteiger partial charge in [-0.3, -0.25) is 9.10 Å². The molecular weight excluding hydrogens is 452 g/mol. The number of sulfonamides is 1. The van der Waals surface area contributed by atoms with Gasteiger partial charge in [0.2, 0.25) is 5.91 Å². The highest BCUT2D eigenvalue weighted by molar-refractivity contribution is 7.92. The Morgan fingerprint density at radius 3 is 2.29 bits per heavy atom. The zero-order valence-electron chi connectivity index (χ0n) is 20.1. The number of methoxy groups -OCH3 is 2. The Morgan fingerprint density at radius 2 is 1.68 bits per heavy atom. The van der Waals surface area contributed by atoms with Gasteiger partial charge in [0.1, 0.15) is 18.0 Å². The van der Waals surface area contributed by atoms with E-state index in [1.54, 1.807) is 30.3 Å². The highest BCUT2D eigenvalue weighted by Gasteiger charge is 2.30. The Balaban J connectivity index is 2.08. The molecular formula is C26H30N2O5S. The summed E-state index contributed by atoms with van der Waals surface area (Å²) in [5, 5.41) is 2.91. The number of para-hydroxylation sites is 1. The summed E-state index contributed by atoms with van der Waals surface area (Å²) in [6, 6.07) is 17.1. The molecule has 0 heterocycles. The molecule has 0 fully saturated rings. The van der Waals surface area contributed by atoms with Gasteiger partial charge in [0.15, 0.2) is 0 Å². The number of hydrogen-bond acceptors (Lipinski definition) is 5. The molecule has 0 unspecified atom stereocenters. The van der Waals surface area contributed by atoms with Gasteiger partial charge in [-0.05, 0) is 55.7 Å². The lowest BCUT2D eigenvalue weighted by Crippen LogP contribution is -2.38. The molecule has 0 atom stereocenters. The van der Waals surface area contributed by atoms with E-state index in [9.17, 15) is 13.2 Å². The van der Waals surface area contributed by atoms with Crippen LogP contribution in [-0.2, 0) is 21.2 Å². The number of nitrogens with one attached hydrogen (secondary N) is 1. The summed E-state index contributed by atoms with van der Waals surface area (Å²) < 4.78 is 39.3. The number of anilines is 2. The van der Waals surface area contributed by atoms with Crippen molar-refractivity contribution in [2.45, 2.75) is 32.1 Å². The first-order chi connectivity index (χ1) is 16.2. The van der Waals surface area contributed by atoms with E-state index in [4.69, 9.17) is 9.47 Å². The van der Waals surface area contributed by atoms with E-state index >= 15 is 0 Å². The van der Waals surface area contributed by atoms with Crippen molar-refractivity contribution >= 4 is 27.3 Å². The Bertz CT molecular complexity index is 1270. The van der Waals surface area contributed by atoms with Gasteiger partial charge < -0.3 is 14.8 Å². The molecule has 0 saturated carbocycles. The monoisotopic (exact) mass is 482 g/mol. The molecule has 7 nitrogen and oxygen atoms in total. The first-order valence-electron chi connectivity index (χ1n) is 10.9. The predicted octanol–water partition coefficient (Wildman–Crippen LogP) is 4.72. The molecule has 3 aromatic carbocycles. The number of amides is 1. The number of rotatable bonds is 9. The topological polar surface area (TPSA) is 84.9 Å². The third-order valence-corrected chi connectivity index (χ3v) is 7.33. The number of carbonyl (C=O) groups excluding carboxylic acids is 1. The minimum absolute atomic E-state index is 0.0703. The summed E-state index contributed by atoms with van der Waals surface area (Å²) >= 11 is 0. The van der Waals surface area contributed by atoms with Gasteiger partial charge in [-0.1, -0.05) is 42.8 Å². The van der Waals surface area contributed by atoms with Crippen LogP contribution in [0.4, 0.5) is 11.4 Å². The van der Waals surface area contributed by atoms with Crippen LogP contribution in [0, 0.1) is 13.8 Å². The van der Waals surface area contributed by atoms with Crippen LogP contribution >= 0.6 is 0 Å². The maximum atomic E-state index is 13.7. The Kier molecular flexibility index (Phi) is 7.83. The van der Waals surface area contributed by atoms with Crippen molar-refractivity contribution < 1.29 is 22.7 Å². The summed E-state index contributed by atoms with van der Waals surface area (Å²) in [5.41, 5.74) is 3.70. The Morgan fingerprint density at radius 1 is 0.971 bits per heavy atom. The van der Waals surface area contributed by atoms with Crippen LogP contribution in [0.25, 0.3) is 0 Å². The van der Waals surface area contributed by atoms with Gasteiger partial charge in [-0.2, -0.15) is 0 Å². The Hall–Kier alpha value is -3.52. The van der Waals surface area contributed by atoms with E-state index < -0.39 is 22.5 Å². The maximum absolute atomic E-state index is 13.7. The summed E-state index contributed by atoms with van der Waals surface area (Å²) in [5.74, 6) is 0.270. The summed E-state index contributed by atoms with van der Waals surface area (Å²) in [7, 11) is -1.17. The van der Waals surface area contributed by atoms with Crippen LogP contribution in [0.2, 0.25) is 0 Å². The number of benzene rings is 3. The van der Waals surface area contributed by atoms with Gasteiger partial charge in [-0.25, -0.2) is 8.42 Å². The van der Waals surface area contributed by atoms with Crippen molar-refractivity contribution in [1.82, 2.24) is 0 Å². The zero-order valence-corrected chi connectivity index (χ0v) is 20.9. The highest BCUT2D eigenvalue weighted by atomic mass is 32.2. The second-order valence-electron chi connectivity index (χ2n) is 7.87. The number of carbonyl (C=O) groups is 1. The molecule has 0 aliphatic carbocycles. The van der Waals surface area contributed by atoms with Crippen molar-refractivity contribution in [2.24, 2.45) is 0 Å². The van der Waals surface area contributed by atoms with Crippen LogP contribution in [-0.4, -0.2) is 35.1 Å². The SMILES string of the molecule is CCc1cccc(C)c1NC(=O)CN(c1cc(OC)ccc1OC)S(=O)(=O)c1ccc(C)cc1. The van der Waals surface area contributed by atoms with E-state index in [0.717, 1.165) is 27.4 Å². The standard InChI is InChI=1S/C26H30N2O5S/c1-6-20-9-7-8-19(3)26(20)27-25(29)17-28(23-16-21(32-4)12-15-24(23)33-5)34(30,31)22-13-10-18(2)11-14-22/h7-16H,6,17H2,1-5H3,(H,27,29). The van der Waals surface area contributed by atoms with Crippen molar-refractivity contribution in [3.63, 3.8) is 0 Å². The molecule has 0 spiro atoms. The summed E-state index contributed by atoms with van der Waals surface area (Å²) in [6.07, 6.45) is 0.729. The molecule has 0 aliphatic rings. The van der Waals surface area contributed by atoms with Crippen LogP contribution in [0.3, 0.4) is 0 Å². The van der Waals surface area contributed by atoms with Crippen molar-refractivity contribution in [1.29, 1.82) is 0 Å². The number of hydrogen-bond donors (Lipinski definition) is 1. The minimum atomic E-state index is -4.10. The fraction of sp³-hybridized carbons (Fsp3) is 0.269. The molecule has 0 radical (unpaired) electrons. The molecule has 1 N–H and O–H groups in total. The fourth-order valence-electron chi connectivity index (χ4n) is 3.64. The highest BCUT2D eigenvalue weighted by Crippen LogP contribution is 2.36. The third kappa shape index (κ3) is 5.34. The van der Waals surface area contributed by atoms with Crippen LogP contribution in [0.5, 0.6) is 11.5 Å². The van der Waals surface area contributed by atoms with Crippen LogP contribution in [0.1, 0.15) is 23.6 Å². The Labute approximate surface area is 201 Å². The zero-order chi connectivity index (χ0) is 24.9. The normalized spacial score (nSPS) is 11.1. The van der Waals surface area contributed by atoms with Gasteiger partial charge in [0, 0.05) is 11.8 Å². The van der Waals surface area contributed by atoms with Gasteiger partial charge >= 0.3 is 0 Å². The van der Waals surface area contributed by atoms with E-state index in [1.165, 1.54) is 26.4 Å². The predicted molar refractivity (Wildman–Crippen MR) is 134 cm³/mol. The van der Waals surface area contributed by atoms with E-state index in [2.05, 4.69) is 5.32 Å². The number of ether oxygens (including phenoxy) is 2. The van der Waals surface area contributed by atoms with Gasteiger partial charge in [-0.15, -0.1) is 0 Å². The van der Waals surface area contributed by atoms with E-state index in [0.29, 0.717) is 17.2 Å². The van der Waals surface area contributed by atoms with E-state index in [-0.39, 0.29) is 10.6 Å². The summed E-state index contributed by atoms with van der Waals surface area (Å²) in [6.45, 7) is 5.33. The smallest absolute Gasteiger partial charge is 0.264 e. The molecule has 0 bridgehead atoms.